The van der Waals surface area contributed by atoms with Gasteiger partial charge in [-0.05, 0) is 30.7 Å². The normalized spacial score (nSPS) is 12.5. The Morgan fingerprint density at radius 3 is 2.00 bits per heavy atom. The zero-order valence-corrected chi connectivity index (χ0v) is 16.4. The molecule has 0 saturated carbocycles. The first kappa shape index (κ1) is 21.0. The van der Waals surface area contributed by atoms with Crippen molar-refractivity contribution < 1.29 is 23.9 Å². The molecule has 0 unspecified atom stereocenters. The molecule has 0 aliphatic carbocycles. The average Bonchev–Trinajstić information content (AvgIpc) is 3.00. The van der Waals surface area contributed by atoms with Gasteiger partial charge >= 0.3 is 0 Å². The van der Waals surface area contributed by atoms with Gasteiger partial charge in [0.2, 0.25) is 11.8 Å². The largest absolute Gasteiger partial charge is 0.494 e. The molecular formula is C22H23N3O5. The quantitative estimate of drug-likeness (QED) is 0.456. The maximum Gasteiger partial charge on any atom is 0.262 e. The van der Waals surface area contributed by atoms with Gasteiger partial charge < -0.3 is 15.4 Å². The smallest absolute Gasteiger partial charge is 0.262 e. The molecule has 1 aliphatic heterocycles. The number of benzene rings is 2. The van der Waals surface area contributed by atoms with Crippen LogP contribution in [0.25, 0.3) is 0 Å². The molecule has 2 aromatic carbocycles. The number of ether oxygens (including phenoxy) is 1. The molecule has 30 heavy (non-hydrogen) atoms. The number of carbonyl (C=O) groups excluding carboxylic acids is 4. The lowest BCUT2D eigenvalue weighted by Gasteiger charge is -2.13. The Morgan fingerprint density at radius 2 is 1.37 bits per heavy atom. The van der Waals surface area contributed by atoms with E-state index < -0.39 is 17.7 Å². The zero-order valence-electron chi connectivity index (χ0n) is 16.4. The summed E-state index contributed by atoms with van der Waals surface area (Å²) in [4.78, 5) is 49.3. The molecule has 1 heterocycles. The van der Waals surface area contributed by atoms with Crippen LogP contribution in [-0.2, 0) is 9.59 Å². The van der Waals surface area contributed by atoms with Gasteiger partial charge in [-0.2, -0.15) is 0 Å². The highest BCUT2D eigenvalue weighted by atomic mass is 16.5. The van der Waals surface area contributed by atoms with Gasteiger partial charge in [0.25, 0.3) is 11.8 Å². The van der Waals surface area contributed by atoms with Crippen molar-refractivity contribution in [1.82, 2.24) is 15.5 Å². The number of hydrogen-bond acceptors (Lipinski definition) is 5. The molecule has 3 rings (SSSR count). The maximum atomic E-state index is 12.2. The van der Waals surface area contributed by atoms with Gasteiger partial charge in [-0.1, -0.05) is 30.3 Å². The van der Waals surface area contributed by atoms with Crippen molar-refractivity contribution >= 4 is 23.6 Å². The second kappa shape index (κ2) is 10.2. The van der Waals surface area contributed by atoms with Gasteiger partial charge in [0.15, 0.2) is 0 Å². The lowest BCUT2D eigenvalue weighted by Crippen LogP contribution is -2.42. The van der Waals surface area contributed by atoms with Crippen molar-refractivity contribution in [3.05, 3.63) is 65.7 Å². The Morgan fingerprint density at radius 1 is 0.800 bits per heavy atom. The molecule has 0 aromatic heterocycles. The van der Waals surface area contributed by atoms with E-state index >= 15 is 0 Å². The van der Waals surface area contributed by atoms with Crippen LogP contribution in [0.5, 0.6) is 5.75 Å². The number of nitrogens with one attached hydrogen (secondary N) is 2. The summed E-state index contributed by atoms with van der Waals surface area (Å²) in [5.74, 6) is -0.788. The number of amides is 4. The summed E-state index contributed by atoms with van der Waals surface area (Å²) in [6.45, 7) is 0.548. The predicted octanol–water partition coefficient (Wildman–Crippen LogP) is 1.37. The molecule has 8 nitrogen and oxygen atoms in total. The molecule has 0 atom stereocenters. The van der Waals surface area contributed by atoms with E-state index in [9.17, 15) is 19.2 Å². The van der Waals surface area contributed by atoms with Crippen LogP contribution in [0.4, 0.5) is 0 Å². The summed E-state index contributed by atoms with van der Waals surface area (Å²) in [7, 11) is 0. The van der Waals surface area contributed by atoms with Crippen LogP contribution in [0.1, 0.15) is 33.6 Å². The molecular weight excluding hydrogens is 386 g/mol. The minimum Gasteiger partial charge on any atom is -0.494 e. The molecule has 0 bridgehead atoms. The van der Waals surface area contributed by atoms with Crippen molar-refractivity contribution in [1.29, 1.82) is 0 Å². The fourth-order valence-electron chi connectivity index (χ4n) is 3.01. The molecule has 4 amide bonds. The standard InChI is InChI=1S/C22H23N3O5/c26-19(11-6-14-30-16-7-2-1-3-8-16)23-12-13-24-20(27)15-25-21(28)17-9-4-5-10-18(17)22(25)29/h1-5,7-10H,6,11-15H2,(H,23,26)(H,24,27). The van der Waals surface area contributed by atoms with Crippen LogP contribution in [0.2, 0.25) is 0 Å². The topological polar surface area (TPSA) is 105 Å². The third-order valence-electron chi connectivity index (χ3n) is 4.51. The van der Waals surface area contributed by atoms with Crippen LogP contribution < -0.4 is 15.4 Å². The minimum absolute atomic E-state index is 0.138. The van der Waals surface area contributed by atoms with E-state index in [1.54, 1.807) is 24.3 Å². The van der Waals surface area contributed by atoms with Gasteiger partial charge in [0.1, 0.15) is 12.3 Å². The van der Waals surface area contributed by atoms with Crippen LogP contribution in [-0.4, -0.2) is 54.8 Å². The highest BCUT2D eigenvalue weighted by molar-refractivity contribution is 6.22. The van der Waals surface area contributed by atoms with E-state index in [1.807, 2.05) is 30.3 Å². The van der Waals surface area contributed by atoms with Gasteiger partial charge in [0, 0.05) is 19.5 Å². The summed E-state index contributed by atoms with van der Waals surface area (Å²) < 4.78 is 5.52. The third-order valence-corrected chi connectivity index (χ3v) is 4.51. The minimum atomic E-state index is -0.475. The Labute approximate surface area is 174 Å². The van der Waals surface area contributed by atoms with Crippen LogP contribution in [0.3, 0.4) is 0 Å². The first-order chi connectivity index (χ1) is 14.6. The summed E-state index contributed by atoms with van der Waals surface area (Å²) in [6.07, 6.45) is 0.892. The Kier molecular flexibility index (Phi) is 7.15. The highest BCUT2D eigenvalue weighted by Gasteiger charge is 2.36. The van der Waals surface area contributed by atoms with Gasteiger partial charge in [-0.25, -0.2) is 0 Å². The maximum absolute atomic E-state index is 12.2. The Balaban J connectivity index is 1.28. The summed E-state index contributed by atoms with van der Waals surface area (Å²) in [6, 6.07) is 15.8. The summed E-state index contributed by atoms with van der Waals surface area (Å²) in [5, 5.41) is 5.30. The van der Waals surface area contributed by atoms with Crippen molar-refractivity contribution in [3.8, 4) is 5.75 Å². The van der Waals surface area contributed by atoms with Crippen molar-refractivity contribution in [2.45, 2.75) is 12.8 Å². The number of hydrogen-bond donors (Lipinski definition) is 2. The number of fused-ring (bicyclic) bond motifs is 1. The van der Waals surface area contributed by atoms with E-state index in [0.29, 0.717) is 30.6 Å². The van der Waals surface area contributed by atoms with Crippen LogP contribution >= 0.6 is 0 Å². The summed E-state index contributed by atoms with van der Waals surface area (Å²) >= 11 is 0. The molecule has 0 fully saturated rings. The first-order valence-electron chi connectivity index (χ1n) is 9.72. The predicted molar refractivity (Wildman–Crippen MR) is 109 cm³/mol. The fourth-order valence-corrected chi connectivity index (χ4v) is 3.01. The summed E-state index contributed by atoms with van der Waals surface area (Å²) in [5.41, 5.74) is 0.609. The van der Waals surface area contributed by atoms with Gasteiger partial charge in [-0.3, -0.25) is 24.1 Å². The van der Waals surface area contributed by atoms with Crippen molar-refractivity contribution in [2.24, 2.45) is 0 Å². The molecule has 0 radical (unpaired) electrons. The number of carbonyl (C=O) groups is 4. The van der Waals surface area contributed by atoms with E-state index in [2.05, 4.69) is 10.6 Å². The lowest BCUT2D eigenvalue weighted by atomic mass is 10.1. The van der Waals surface area contributed by atoms with Crippen molar-refractivity contribution in [2.75, 3.05) is 26.2 Å². The van der Waals surface area contributed by atoms with Crippen molar-refractivity contribution in [3.63, 3.8) is 0 Å². The zero-order chi connectivity index (χ0) is 21.3. The number of imide groups is 1. The average molecular weight is 409 g/mol. The van der Waals surface area contributed by atoms with Crippen LogP contribution in [0.15, 0.2) is 54.6 Å². The first-order valence-corrected chi connectivity index (χ1v) is 9.72. The number of para-hydroxylation sites is 1. The molecule has 156 valence electrons. The number of nitrogens with zero attached hydrogens (tertiary/aromatic N) is 1. The molecule has 2 aromatic rings. The monoisotopic (exact) mass is 409 g/mol. The van der Waals surface area contributed by atoms with E-state index in [-0.39, 0.29) is 25.5 Å². The lowest BCUT2D eigenvalue weighted by molar-refractivity contribution is -0.123. The Bertz CT molecular complexity index is 894. The molecule has 2 N–H and O–H groups in total. The van der Waals surface area contributed by atoms with Gasteiger partial charge in [-0.15, -0.1) is 0 Å². The molecule has 0 spiro atoms. The second-order valence-electron chi connectivity index (χ2n) is 6.71. The SMILES string of the molecule is O=C(CCCOc1ccccc1)NCCNC(=O)CN1C(=O)c2ccccc2C1=O. The molecule has 0 saturated heterocycles. The number of rotatable bonds is 10. The van der Waals surface area contributed by atoms with E-state index in [1.165, 1.54) is 0 Å². The molecule has 8 heteroatoms. The fraction of sp³-hybridized carbons (Fsp3) is 0.273. The second-order valence-corrected chi connectivity index (χ2v) is 6.71. The van der Waals surface area contributed by atoms with Crippen LogP contribution in [0, 0.1) is 0 Å². The van der Waals surface area contributed by atoms with Gasteiger partial charge in [0.05, 0.1) is 17.7 Å². The molecule has 1 aliphatic rings. The van der Waals surface area contributed by atoms with E-state index in [4.69, 9.17) is 4.74 Å². The highest BCUT2D eigenvalue weighted by Crippen LogP contribution is 2.21. The Hall–Kier alpha value is -3.68. The van der Waals surface area contributed by atoms with E-state index in [0.717, 1.165) is 10.6 Å². The third kappa shape index (κ3) is 5.44.